The Morgan fingerprint density at radius 3 is 2.86 bits per heavy atom. The van der Waals surface area contributed by atoms with Gasteiger partial charge in [0.25, 0.3) is 0 Å². The van der Waals surface area contributed by atoms with Crippen LogP contribution in [0.3, 0.4) is 0 Å². The molecular formula is C10H11N3S. The van der Waals surface area contributed by atoms with E-state index in [9.17, 15) is 0 Å². The van der Waals surface area contributed by atoms with Crippen LogP contribution in [0.25, 0.3) is 10.6 Å². The fraction of sp³-hybridized carbons (Fsp3) is 0.200. The summed E-state index contributed by atoms with van der Waals surface area (Å²) < 4.78 is 0. The molecular weight excluding hydrogens is 194 g/mol. The van der Waals surface area contributed by atoms with Crippen molar-refractivity contribution in [3.63, 3.8) is 0 Å². The van der Waals surface area contributed by atoms with E-state index in [1.165, 1.54) is 0 Å². The summed E-state index contributed by atoms with van der Waals surface area (Å²) in [6.07, 6.45) is 3.56. The first-order chi connectivity index (χ1) is 6.90. The Bertz CT molecular complexity index is 397. The van der Waals surface area contributed by atoms with E-state index >= 15 is 0 Å². The molecule has 0 atom stereocenters. The fourth-order valence-corrected chi connectivity index (χ4v) is 1.95. The van der Waals surface area contributed by atoms with Crippen molar-refractivity contribution >= 4 is 17.2 Å². The number of thiazole rings is 1. The second-order valence-corrected chi connectivity index (χ2v) is 3.66. The summed E-state index contributed by atoms with van der Waals surface area (Å²) in [4.78, 5) is 8.43. The van der Waals surface area contributed by atoms with E-state index in [1.54, 1.807) is 23.7 Å². The van der Waals surface area contributed by atoms with Crippen LogP contribution in [0.15, 0.2) is 29.9 Å². The van der Waals surface area contributed by atoms with Crippen molar-refractivity contribution in [1.29, 1.82) is 0 Å². The SMILES string of the molecule is CCNc1csc(-c2ccncc2)n1. The highest BCUT2D eigenvalue weighted by molar-refractivity contribution is 7.13. The van der Waals surface area contributed by atoms with Crippen LogP contribution in [-0.4, -0.2) is 16.5 Å². The van der Waals surface area contributed by atoms with Crippen LogP contribution in [0, 0.1) is 0 Å². The van der Waals surface area contributed by atoms with Gasteiger partial charge in [0, 0.05) is 29.9 Å². The Morgan fingerprint density at radius 2 is 2.14 bits per heavy atom. The van der Waals surface area contributed by atoms with Crippen LogP contribution < -0.4 is 5.32 Å². The van der Waals surface area contributed by atoms with E-state index in [0.717, 1.165) is 22.9 Å². The summed E-state index contributed by atoms with van der Waals surface area (Å²) in [6.45, 7) is 2.96. The van der Waals surface area contributed by atoms with E-state index in [4.69, 9.17) is 0 Å². The zero-order valence-corrected chi connectivity index (χ0v) is 8.71. The Hall–Kier alpha value is -1.42. The molecule has 1 N–H and O–H groups in total. The van der Waals surface area contributed by atoms with Crippen LogP contribution in [0.2, 0.25) is 0 Å². The van der Waals surface area contributed by atoms with E-state index in [0.29, 0.717) is 0 Å². The molecule has 4 heteroatoms. The molecule has 2 aromatic rings. The van der Waals surface area contributed by atoms with E-state index < -0.39 is 0 Å². The molecule has 3 nitrogen and oxygen atoms in total. The largest absolute Gasteiger partial charge is 0.370 e. The molecule has 0 aliphatic rings. The smallest absolute Gasteiger partial charge is 0.137 e. The molecule has 0 saturated heterocycles. The van der Waals surface area contributed by atoms with Gasteiger partial charge in [0.2, 0.25) is 0 Å². The number of nitrogens with zero attached hydrogens (tertiary/aromatic N) is 2. The first-order valence-electron chi connectivity index (χ1n) is 4.50. The predicted octanol–water partition coefficient (Wildman–Crippen LogP) is 2.64. The quantitative estimate of drug-likeness (QED) is 0.837. The average Bonchev–Trinajstić information content (AvgIpc) is 2.68. The Balaban J connectivity index is 2.25. The molecule has 2 heterocycles. The second-order valence-electron chi connectivity index (χ2n) is 2.80. The van der Waals surface area contributed by atoms with Crippen LogP contribution in [0.5, 0.6) is 0 Å². The molecule has 72 valence electrons. The van der Waals surface area contributed by atoms with Gasteiger partial charge in [-0.05, 0) is 19.1 Å². The van der Waals surface area contributed by atoms with Crippen molar-refractivity contribution in [2.45, 2.75) is 6.92 Å². The van der Waals surface area contributed by atoms with Crippen LogP contribution in [0.4, 0.5) is 5.82 Å². The topological polar surface area (TPSA) is 37.8 Å². The minimum Gasteiger partial charge on any atom is -0.370 e. The third-order valence-corrected chi connectivity index (χ3v) is 2.68. The molecule has 0 saturated carbocycles. The average molecular weight is 205 g/mol. The molecule has 0 radical (unpaired) electrons. The van der Waals surface area contributed by atoms with Crippen molar-refractivity contribution in [2.75, 3.05) is 11.9 Å². The lowest BCUT2D eigenvalue weighted by Gasteiger charge is -1.95. The molecule has 0 fully saturated rings. The minimum absolute atomic E-state index is 0.902. The predicted molar refractivity (Wildman–Crippen MR) is 59.5 cm³/mol. The molecule has 0 amide bonds. The zero-order chi connectivity index (χ0) is 9.80. The minimum atomic E-state index is 0.902. The lowest BCUT2D eigenvalue weighted by molar-refractivity contribution is 1.18. The summed E-state index contributed by atoms with van der Waals surface area (Å²) in [6, 6.07) is 3.93. The van der Waals surface area contributed by atoms with Gasteiger partial charge < -0.3 is 5.32 Å². The summed E-state index contributed by atoms with van der Waals surface area (Å²) in [5.74, 6) is 0.948. The zero-order valence-electron chi connectivity index (χ0n) is 7.90. The number of aromatic nitrogens is 2. The Kier molecular flexibility index (Phi) is 2.74. The van der Waals surface area contributed by atoms with Gasteiger partial charge in [-0.25, -0.2) is 4.98 Å². The third kappa shape index (κ3) is 1.90. The first-order valence-corrected chi connectivity index (χ1v) is 5.38. The lowest BCUT2D eigenvalue weighted by Crippen LogP contribution is -1.95. The van der Waals surface area contributed by atoms with Gasteiger partial charge >= 0.3 is 0 Å². The molecule has 0 spiro atoms. The summed E-state index contributed by atoms with van der Waals surface area (Å²) in [5.41, 5.74) is 1.12. The monoisotopic (exact) mass is 205 g/mol. The van der Waals surface area contributed by atoms with Gasteiger partial charge in [0.05, 0.1) is 0 Å². The van der Waals surface area contributed by atoms with Crippen LogP contribution >= 0.6 is 11.3 Å². The number of hydrogen-bond donors (Lipinski definition) is 1. The summed E-state index contributed by atoms with van der Waals surface area (Å²) in [7, 11) is 0. The number of rotatable bonds is 3. The molecule has 14 heavy (non-hydrogen) atoms. The van der Waals surface area contributed by atoms with Crippen molar-refractivity contribution in [3.05, 3.63) is 29.9 Å². The van der Waals surface area contributed by atoms with E-state index in [-0.39, 0.29) is 0 Å². The normalized spacial score (nSPS) is 10.1. The van der Waals surface area contributed by atoms with Crippen molar-refractivity contribution < 1.29 is 0 Å². The maximum atomic E-state index is 4.45. The van der Waals surface area contributed by atoms with Gasteiger partial charge in [-0.15, -0.1) is 11.3 Å². The molecule has 0 aliphatic carbocycles. The third-order valence-electron chi connectivity index (χ3n) is 1.79. The van der Waals surface area contributed by atoms with Gasteiger partial charge in [-0.3, -0.25) is 4.98 Å². The summed E-state index contributed by atoms with van der Waals surface area (Å²) >= 11 is 1.64. The summed E-state index contributed by atoms with van der Waals surface area (Å²) in [5, 5.41) is 6.24. The number of hydrogen-bond acceptors (Lipinski definition) is 4. The van der Waals surface area contributed by atoms with Gasteiger partial charge in [-0.2, -0.15) is 0 Å². The molecule has 0 aliphatic heterocycles. The Labute approximate surface area is 86.8 Å². The molecule has 0 bridgehead atoms. The molecule has 2 aromatic heterocycles. The van der Waals surface area contributed by atoms with E-state index in [1.807, 2.05) is 17.5 Å². The van der Waals surface area contributed by atoms with Crippen LogP contribution in [-0.2, 0) is 0 Å². The molecule has 2 rings (SSSR count). The molecule has 0 aromatic carbocycles. The second kappa shape index (κ2) is 4.19. The highest BCUT2D eigenvalue weighted by atomic mass is 32.1. The number of nitrogens with one attached hydrogen (secondary N) is 1. The van der Waals surface area contributed by atoms with Crippen molar-refractivity contribution in [1.82, 2.24) is 9.97 Å². The highest BCUT2D eigenvalue weighted by Gasteiger charge is 2.02. The van der Waals surface area contributed by atoms with Gasteiger partial charge in [0.1, 0.15) is 10.8 Å². The van der Waals surface area contributed by atoms with Crippen LogP contribution in [0.1, 0.15) is 6.92 Å². The van der Waals surface area contributed by atoms with Gasteiger partial charge in [-0.1, -0.05) is 0 Å². The van der Waals surface area contributed by atoms with Crippen molar-refractivity contribution in [2.24, 2.45) is 0 Å². The maximum absolute atomic E-state index is 4.45. The van der Waals surface area contributed by atoms with Gasteiger partial charge in [0.15, 0.2) is 0 Å². The molecule has 0 unspecified atom stereocenters. The lowest BCUT2D eigenvalue weighted by atomic mass is 10.3. The van der Waals surface area contributed by atoms with E-state index in [2.05, 4.69) is 22.2 Å². The number of pyridine rings is 1. The first kappa shape index (κ1) is 9.15. The standard InChI is InChI=1S/C10H11N3S/c1-2-12-9-7-14-10(13-9)8-3-5-11-6-4-8/h3-7,12H,2H2,1H3. The maximum Gasteiger partial charge on any atom is 0.137 e. The number of anilines is 1. The van der Waals surface area contributed by atoms with Crippen molar-refractivity contribution in [3.8, 4) is 10.6 Å². The highest BCUT2D eigenvalue weighted by Crippen LogP contribution is 2.24. The Morgan fingerprint density at radius 1 is 1.36 bits per heavy atom. The fourth-order valence-electron chi connectivity index (χ4n) is 1.16.